The van der Waals surface area contributed by atoms with Crippen molar-refractivity contribution in [3.63, 3.8) is 0 Å². The zero-order chi connectivity index (χ0) is 12.2. The third-order valence-corrected chi connectivity index (χ3v) is 3.62. The topological polar surface area (TPSA) is 9.23 Å². The maximum atomic E-state index is 6.10. The van der Waals surface area contributed by atoms with Crippen LogP contribution in [0.2, 0.25) is 0 Å². The van der Waals surface area contributed by atoms with E-state index in [0.29, 0.717) is 12.5 Å². The van der Waals surface area contributed by atoms with E-state index in [1.54, 1.807) is 0 Å². The Kier molecular flexibility index (Phi) is 5.71. The fourth-order valence-corrected chi connectivity index (χ4v) is 2.42. The molecular formula is C12H21Cl3O. The molecule has 0 amide bonds. The minimum absolute atomic E-state index is 0.189. The van der Waals surface area contributed by atoms with E-state index in [0.717, 1.165) is 6.42 Å². The lowest BCUT2D eigenvalue weighted by molar-refractivity contribution is -0.0889. The van der Waals surface area contributed by atoms with Crippen molar-refractivity contribution in [3.8, 4) is 0 Å². The average molecular weight is 288 g/mol. The van der Waals surface area contributed by atoms with Gasteiger partial charge >= 0.3 is 0 Å². The SMILES string of the molecule is CC(C)(CCC(Cl)(Cl)Cl)OC1CCCCC1. The number of alkyl halides is 3. The van der Waals surface area contributed by atoms with E-state index in [2.05, 4.69) is 13.8 Å². The highest BCUT2D eigenvalue weighted by atomic mass is 35.6. The van der Waals surface area contributed by atoms with Crippen LogP contribution in [0.15, 0.2) is 0 Å². The molecule has 0 atom stereocenters. The summed E-state index contributed by atoms with van der Waals surface area (Å²) in [5, 5.41) is 0. The van der Waals surface area contributed by atoms with Crippen LogP contribution in [0.4, 0.5) is 0 Å². The zero-order valence-electron chi connectivity index (χ0n) is 10.1. The van der Waals surface area contributed by atoms with E-state index in [4.69, 9.17) is 39.5 Å². The van der Waals surface area contributed by atoms with Gasteiger partial charge in [-0.05, 0) is 39.5 Å². The first-order chi connectivity index (χ1) is 7.29. The molecule has 1 rings (SSSR count). The molecule has 0 spiro atoms. The van der Waals surface area contributed by atoms with Gasteiger partial charge in [-0.15, -0.1) is 0 Å². The summed E-state index contributed by atoms with van der Waals surface area (Å²) in [6.45, 7) is 4.16. The molecule has 4 heteroatoms. The molecule has 0 N–H and O–H groups in total. The van der Waals surface area contributed by atoms with Gasteiger partial charge in [-0.25, -0.2) is 0 Å². The van der Waals surface area contributed by atoms with Gasteiger partial charge in [0.05, 0.1) is 11.7 Å². The first-order valence-electron chi connectivity index (χ1n) is 6.03. The van der Waals surface area contributed by atoms with Crippen LogP contribution in [-0.2, 0) is 4.74 Å². The summed E-state index contributed by atoms with van der Waals surface area (Å²) in [4.78, 5) is 0. The first-order valence-corrected chi connectivity index (χ1v) is 7.16. The standard InChI is InChI=1S/C12H21Cl3O/c1-11(2,8-9-12(13,14)15)16-10-6-4-3-5-7-10/h10H,3-9H2,1-2H3. The molecule has 0 bridgehead atoms. The summed E-state index contributed by atoms with van der Waals surface area (Å²) in [6, 6.07) is 0. The number of rotatable bonds is 4. The fraction of sp³-hybridized carbons (Fsp3) is 1.00. The van der Waals surface area contributed by atoms with Gasteiger partial charge in [-0.3, -0.25) is 0 Å². The third kappa shape index (κ3) is 6.54. The number of hydrogen-bond acceptors (Lipinski definition) is 1. The minimum atomic E-state index is -1.16. The van der Waals surface area contributed by atoms with E-state index in [9.17, 15) is 0 Å². The normalized spacial score (nSPS) is 20.1. The summed E-state index contributed by atoms with van der Waals surface area (Å²) in [6.07, 6.45) is 7.98. The Morgan fingerprint density at radius 2 is 1.56 bits per heavy atom. The van der Waals surface area contributed by atoms with Crippen LogP contribution < -0.4 is 0 Å². The molecule has 1 fully saturated rings. The van der Waals surface area contributed by atoms with Crippen molar-refractivity contribution in [1.82, 2.24) is 0 Å². The summed E-state index contributed by atoms with van der Waals surface area (Å²) in [5.74, 6) is 0. The van der Waals surface area contributed by atoms with Crippen LogP contribution in [-0.4, -0.2) is 15.5 Å². The van der Waals surface area contributed by atoms with Crippen molar-refractivity contribution in [3.05, 3.63) is 0 Å². The molecule has 0 radical (unpaired) electrons. The monoisotopic (exact) mass is 286 g/mol. The molecule has 0 unspecified atom stereocenters. The van der Waals surface area contributed by atoms with Crippen LogP contribution in [0.3, 0.4) is 0 Å². The predicted octanol–water partition coefficient (Wildman–Crippen LogP) is 5.26. The van der Waals surface area contributed by atoms with E-state index in [1.165, 1.54) is 32.1 Å². The molecule has 0 aromatic carbocycles. The van der Waals surface area contributed by atoms with E-state index < -0.39 is 3.79 Å². The van der Waals surface area contributed by atoms with Gasteiger partial charge in [0.1, 0.15) is 0 Å². The smallest absolute Gasteiger partial charge is 0.190 e. The lowest BCUT2D eigenvalue weighted by atomic mass is 9.95. The summed E-state index contributed by atoms with van der Waals surface area (Å²) in [7, 11) is 0. The van der Waals surface area contributed by atoms with Crippen LogP contribution >= 0.6 is 34.8 Å². The third-order valence-electron chi connectivity index (χ3n) is 3.05. The van der Waals surface area contributed by atoms with Crippen molar-refractivity contribution in [2.75, 3.05) is 0 Å². The Bertz CT molecular complexity index is 205. The first kappa shape index (κ1) is 14.9. The van der Waals surface area contributed by atoms with Crippen molar-refractivity contribution in [2.45, 2.75) is 74.3 Å². The van der Waals surface area contributed by atoms with Crippen molar-refractivity contribution in [2.24, 2.45) is 0 Å². The summed E-state index contributed by atoms with van der Waals surface area (Å²) in [5.41, 5.74) is -0.189. The highest BCUT2D eigenvalue weighted by molar-refractivity contribution is 6.67. The average Bonchev–Trinajstić information content (AvgIpc) is 2.15. The molecule has 0 saturated heterocycles. The maximum absolute atomic E-state index is 6.10. The van der Waals surface area contributed by atoms with E-state index in [-0.39, 0.29) is 5.60 Å². The molecule has 0 aliphatic heterocycles. The quantitative estimate of drug-likeness (QED) is 0.640. The Morgan fingerprint density at radius 1 is 1.00 bits per heavy atom. The zero-order valence-corrected chi connectivity index (χ0v) is 12.3. The Hall–Kier alpha value is 0.830. The number of ether oxygens (including phenoxy) is 1. The molecule has 1 aliphatic carbocycles. The molecular weight excluding hydrogens is 266 g/mol. The number of hydrogen-bond donors (Lipinski definition) is 0. The van der Waals surface area contributed by atoms with Gasteiger partial charge in [-0.2, -0.15) is 0 Å². The molecule has 1 saturated carbocycles. The van der Waals surface area contributed by atoms with Gasteiger partial charge < -0.3 is 4.74 Å². The van der Waals surface area contributed by atoms with Crippen LogP contribution in [0.1, 0.15) is 58.8 Å². The van der Waals surface area contributed by atoms with Gasteiger partial charge in [0.15, 0.2) is 3.79 Å². The second-order valence-electron chi connectivity index (χ2n) is 5.25. The molecule has 0 aromatic heterocycles. The lowest BCUT2D eigenvalue weighted by Gasteiger charge is -2.33. The van der Waals surface area contributed by atoms with Crippen molar-refractivity contribution < 1.29 is 4.74 Å². The molecule has 96 valence electrons. The van der Waals surface area contributed by atoms with Crippen LogP contribution in [0, 0.1) is 0 Å². The predicted molar refractivity (Wildman–Crippen MR) is 71.6 cm³/mol. The fourth-order valence-electron chi connectivity index (χ4n) is 2.14. The number of halogens is 3. The molecule has 0 aromatic rings. The highest BCUT2D eigenvalue weighted by Gasteiger charge is 2.29. The van der Waals surface area contributed by atoms with Gasteiger partial charge in [0.25, 0.3) is 0 Å². The second kappa shape index (κ2) is 6.13. The van der Waals surface area contributed by atoms with E-state index in [1.807, 2.05) is 0 Å². The molecule has 16 heavy (non-hydrogen) atoms. The summed E-state index contributed by atoms with van der Waals surface area (Å²) < 4.78 is 4.94. The van der Waals surface area contributed by atoms with Crippen LogP contribution in [0.5, 0.6) is 0 Å². The van der Waals surface area contributed by atoms with Gasteiger partial charge in [0.2, 0.25) is 0 Å². The Morgan fingerprint density at radius 3 is 2.06 bits per heavy atom. The van der Waals surface area contributed by atoms with Gasteiger partial charge in [0, 0.05) is 0 Å². The second-order valence-corrected chi connectivity index (χ2v) is 7.77. The van der Waals surface area contributed by atoms with Crippen LogP contribution in [0.25, 0.3) is 0 Å². The minimum Gasteiger partial charge on any atom is -0.372 e. The lowest BCUT2D eigenvalue weighted by Crippen LogP contribution is -2.32. The highest BCUT2D eigenvalue weighted by Crippen LogP contribution is 2.35. The molecule has 1 aliphatic rings. The van der Waals surface area contributed by atoms with E-state index >= 15 is 0 Å². The molecule has 1 nitrogen and oxygen atoms in total. The molecule has 0 heterocycles. The Labute approximate surface area is 114 Å². The van der Waals surface area contributed by atoms with Crippen molar-refractivity contribution in [1.29, 1.82) is 0 Å². The summed E-state index contributed by atoms with van der Waals surface area (Å²) >= 11 is 17.3. The van der Waals surface area contributed by atoms with Gasteiger partial charge in [-0.1, -0.05) is 54.1 Å². The van der Waals surface area contributed by atoms with Crippen molar-refractivity contribution >= 4 is 34.8 Å². The Balaban J connectivity index is 2.32. The maximum Gasteiger partial charge on any atom is 0.190 e. The largest absolute Gasteiger partial charge is 0.372 e.